The lowest BCUT2D eigenvalue weighted by atomic mass is 9.96. The molecule has 1 saturated heterocycles. The van der Waals surface area contributed by atoms with Crippen LogP contribution in [0.2, 0.25) is 0 Å². The lowest BCUT2D eigenvalue weighted by Gasteiger charge is -2.24. The molecular weight excluding hydrogens is 377 g/mol. The summed E-state index contributed by atoms with van der Waals surface area (Å²) < 4.78 is 69.0. The van der Waals surface area contributed by atoms with E-state index < -0.39 is 40.4 Å². The van der Waals surface area contributed by atoms with Crippen LogP contribution in [0.5, 0.6) is 0 Å². The quantitative estimate of drug-likeness (QED) is 0.787. The summed E-state index contributed by atoms with van der Waals surface area (Å²) in [6.45, 7) is 0.718. The van der Waals surface area contributed by atoms with Gasteiger partial charge in [-0.1, -0.05) is 48.5 Å². The van der Waals surface area contributed by atoms with E-state index >= 15 is 0 Å². The predicted molar refractivity (Wildman–Crippen MR) is 98.7 cm³/mol. The standard InChI is InChI=1S/C19H21F3N2O2S/c1-2-27(25,26)24-18-16(23-12-19(18,21)22)11-14-9-6-10-15(17(14)20)13-7-4-3-5-8-13/h3-10,16,18,23-24H,2,11-12H2,1H3/t16-,18+/m0/s1. The summed E-state index contributed by atoms with van der Waals surface area (Å²) in [7, 11) is -3.82. The summed E-state index contributed by atoms with van der Waals surface area (Å²) >= 11 is 0. The van der Waals surface area contributed by atoms with Crippen LogP contribution in [0.15, 0.2) is 48.5 Å². The van der Waals surface area contributed by atoms with E-state index in [1.54, 1.807) is 36.4 Å². The molecule has 0 radical (unpaired) electrons. The SMILES string of the molecule is CCS(=O)(=O)N[C@@H]1[C@H](Cc2cccc(-c3ccccc3)c2F)NCC1(F)F. The summed E-state index contributed by atoms with van der Waals surface area (Å²) in [5, 5.41) is 2.63. The van der Waals surface area contributed by atoms with Crippen molar-refractivity contribution >= 4 is 10.0 Å². The van der Waals surface area contributed by atoms with E-state index in [0.29, 0.717) is 11.1 Å². The molecule has 1 fully saturated rings. The maximum atomic E-state index is 15.0. The zero-order valence-corrected chi connectivity index (χ0v) is 15.6. The molecule has 1 heterocycles. The first kappa shape index (κ1) is 19.9. The maximum Gasteiger partial charge on any atom is 0.277 e. The zero-order valence-electron chi connectivity index (χ0n) is 14.8. The fourth-order valence-electron chi connectivity index (χ4n) is 3.24. The van der Waals surface area contributed by atoms with Crippen molar-refractivity contribution in [3.8, 4) is 11.1 Å². The van der Waals surface area contributed by atoms with Gasteiger partial charge in [0, 0.05) is 11.6 Å². The number of alkyl halides is 2. The fourth-order valence-corrected chi connectivity index (χ4v) is 4.13. The van der Waals surface area contributed by atoms with Crippen LogP contribution in [-0.2, 0) is 16.4 Å². The van der Waals surface area contributed by atoms with Gasteiger partial charge in [-0.2, -0.15) is 0 Å². The molecule has 4 nitrogen and oxygen atoms in total. The van der Waals surface area contributed by atoms with E-state index in [4.69, 9.17) is 0 Å². The Morgan fingerprint density at radius 1 is 1.15 bits per heavy atom. The highest BCUT2D eigenvalue weighted by molar-refractivity contribution is 7.89. The second-order valence-electron chi connectivity index (χ2n) is 6.60. The first-order valence-electron chi connectivity index (χ1n) is 8.67. The largest absolute Gasteiger partial charge is 0.306 e. The van der Waals surface area contributed by atoms with E-state index in [2.05, 4.69) is 10.0 Å². The molecule has 0 unspecified atom stereocenters. The number of nitrogens with one attached hydrogen (secondary N) is 2. The van der Waals surface area contributed by atoms with E-state index in [0.717, 1.165) is 0 Å². The number of rotatable bonds is 6. The second kappa shape index (κ2) is 7.61. The van der Waals surface area contributed by atoms with Crippen molar-refractivity contribution in [1.82, 2.24) is 10.0 Å². The van der Waals surface area contributed by atoms with Crippen LogP contribution in [0, 0.1) is 5.82 Å². The Kier molecular flexibility index (Phi) is 5.60. The molecule has 2 N–H and O–H groups in total. The van der Waals surface area contributed by atoms with Crippen molar-refractivity contribution in [3.05, 3.63) is 59.9 Å². The molecule has 0 amide bonds. The highest BCUT2D eigenvalue weighted by Gasteiger charge is 2.51. The molecule has 1 aliphatic rings. The van der Waals surface area contributed by atoms with E-state index in [1.165, 1.54) is 13.0 Å². The highest BCUT2D eigenvalue weighted by Crippen LogP contribution is 2.31. The Bertz CT molecular complexity index is 904. The molecule has 0 saturated carbocycles. The van der Waals surface area contributed by atoms with Gasteiger partial charge in [0.1, 0.15) is 11.9 Å². The predicted octanol–water partition coefficient (Wildman–Crippen LogP) is 2.95. The topological polar surface area (TPSA) is 58.2 Å². The van der Waals surface area contributed by atoms with Gasteiger partial charge in [0.15, 0.2) is 0 Å². The van der Waals surface area contributed by atoms with Gasteiger partial charge in [0.05, 0.1) is 12.3 Å². The summed E-state index contributed by atoms with van der Waals surface area (Å²) in [6, 6.07) is 11.2. The van der Waals surface area contributed by atoms with E-state index in [-0.39, 0.29) is 17.7 Å². The minimum absolute atomic E-state index is 0.0565. The fraction of sp³-hybridized carbons (Fsp3) is 0.368. The summed E-state index contributed by atoms with van der Waals surface area (Å²) in [4.78, 5) is 0. The monoisotopic (exact) mass is 398 g/mol. The maximum absolute atomic E-state index is 15.0. The third-order valence-electron chi connectivity index (χ3n) is 4.75. The minimum Gasteiger partial charge on any atom is -0.306 e. The molecule has 0 aromatic heterocycles. The number of hydrogen-bond acceptors (Lipinski definition) is 3. The molecule has 2 aromatic carbocycles. The first-order valence-corrected chi connectivity index (χ1v) is 10.3. The Morgan fingerprint density at radius 3 is 2.52 bits per heavy atom. The molecule has 27 heavy (non-hydrogen) atoms. The Labute approximate surface area is 156 Å². The summed E-state index contributed by atoms with van der Waals surface area (Å²) in [5.41, 5.74) is 1.32. The van der Waals surface area contributed by atoms with Gasteiger partial charge in [-0.15, -0.1) is 0 Å². The van der Waals surface area contributed by atoms with Gasteiger partial charge >= 0.3 is 0 Å². The molecule has 3 rings (SSSR count). The Morgan fingerprint density at radius 2 is 1.85 bits per heavy atom. The van der Waals surface area contributed by atoms with Crippen molar-refractivity contribution in [2.45, 2.75) is 31.4 Å². The van der Waals surface area contributed by atoms with Gasteiger partial charge in [0.2, 0.25) is 10.0 Å². The van der Waals surface area contributed by atoms with Gasteiger partial charge in [-0.25, -0.2) is 26.3 Å². The molecule has 0 spiro atoms. The van der Waals surface area contributed by atoms with Crippen molar-refractivity contribution < 1.29 is 21.6 Å². The molecule has 8 heteroatoms. The minimum atomic E-state index is -3.82. The molecule has 0 aliphatic carbocycles. The normalized spacial score (nSPS) is 22.1. The average molecular weight is 398 g/mol. The van der Waals surface area contributed by atoms with Crippen LogP contribution in [0.3, 0.4) is 0 Å². The molecule has 1 aliphatic heterocycles. The molecular formula is C19H21F3N2O2S. The van der Waals surface area contributed by atoms with Gasteiger partial charge in [0.25, 0.3) is 5.92 Å². The number of sulfonamides is 1. The zero-order chi connectivity index (χ0) is 19.7. The average Bonchev–Trinajstić information content (AvgIpc) is 2.91. The van der Waals surface area contributed by atoms with Crippen molar-refractivity contribution in [1.29, 1.82) is 0 Å². The Hall–Kier alpha value is -1.90. The van der Waals surface area contributed by atoms with Gasteiger partial charge < -0.3 is 5.32 Å². The number of hydrogen-bond donors (Lipinski definition) is 2. The van der Waals surface area contributed by atoms with Crippen LogP contribution < -0.4 is 10.0 Å². The van der Waals surface area contributed by atoms with Crippen LogP contribution >= 0.6 is 0 Å². The van der Waals surface area contributed by atoms with Crippen LogP contribution in [0.25, 0.3) is 11.1 Å². The van der Waals surface area contributed by atoms with Crippen molar-refractivity contribution in [2.75, 3.05) is 12.3 Å². The third kappa shape index (κ3) is 4.34. The Balaban J connectivity index is 1.88. The van der Waals surface area contributed by atoms with Crippen molar-refractivity contribution in [2.24, 2.45) is 0 Å². The van der Waals surface area contributed by atoms with Gasteiger partial charge in [-0.05, 0) is 24.5 Å². The van der Waals surface area contributed by atoms with E-state index in [9.17, 15) is 21.6 Å². The summed E-state index contributed by atoms with van der Waals surface area (Å²) in [5.74, 6) is -4.04. The van der Waals surface area contributed by atoms with Gasteiger partial charge in [-0.3, -0.25) is 0 Å². The van der Waals surface area contributed by atoms with E-state index in [1.807, 2.05) is 6.07 Å². The number of benzene rings is 2. The van der Waals surface area contributed by atoms with Crippen LogP contribution in [0.1, 0.15) is 12.5 Å². The lowest BCUT2D eigenvalue weighted by Crippen LogP contribution is -2.51. The molecule has 2 aromatic rings. The molecule has 146 valence electrons. The molecule has 2 atom stereocenters. The first-order chi connectivity index (χ1) is 12.7. The smallest absolute Gasteiger partial charge is 0.277 e. The van der Waals surface area contributed by atoms with Crippen LogP contribution in [0.4, 0.5) is 13.2 Å². The van der Waals surface area contributed by atoms with Crippen molar-refractivity contribution in [3.63, 3.8) is 0 Å². The third-order valence-corrected chi connectivity index (χ3v) is 6.12. The summed E-state index contributed by atoms with van der Waals surface area (Å²) in [6.07, 6.45) is -0.0565. The number of halogens is 3. The highest BCUT2D eigenvalue weighted by atomic mass is 32.2. The lowest BCUT2D eigenvalue weighted by molar-refractivity contribution is -0.000879. The van der Waals surface area contributed by atoms with Crippen LogP contribution in [-0.4, -0.2) is 38.7 Å². The second-order valence-corrected chi connectivity index (χ2v) is 8.64. The molecule has 0 bridgehead atoms.